The molecule has 1 aliphatic heterocycles. The standard InChI is InChI=1S/C14H16N4OS/c19-13(16-14-17-15-10-20-14)9-18-8-4-7-12(18)11-5-2-1-3-6-11/h1-3,5-6,10,12H,4,7-9H2,(H,16,17,19). The van der Waals surface area contributed by atoms with Crippen LogP contribution in [0, 0.1) is 0 Å². The molecule has 1 aromatic carbocycles. The van der Waals surface area contributed by atoms with Gasteiger partial charge in [-0.2, -0.15) is 0 Å². The molecule has 0 aliphatic carbocycles. The maximum Gasteiger partial charge on any atom is 0.240 e. The number of aromatic nitrogens is 2. The molecular weight excluding hydrogens is 272 g/mol. The predicted octanol–water partition coefficient (Wildman–Crippen LogP) is 2.31. The van der Waals surface area contributed by atoms with Gasteiger partial charge in [0.1, 0.15) is 5.51 Å². The SMILES string of the molecule is O=C(CN1CCCC1c1ccccc1)Nc1nncs1. The van der Waals surface area contributed by atoms with Crippen LogP contribution in [0.5, 0.6) is 0 Å². The number of rotatable bonds is 4. The van der Waals surface area contributed by atoms with E-state index in [2.05, 4.69) is 32.5 Å². The quantitative estimate of drug-likeness (QED) is 0.938. The van der Waals surface area contributed by atoms with Crippen LogP contribution in [-0.4, -0.2) is 34.1 Å². The molecule has 1 aromatic heterocycles. The van der Waals surface area contributed by atoms with Gasteiger partial charge in [0.2, 0.25) is 11.0 Å². The molecule has 0 spiro atoms. The number of carbonyl (C=O) groups is 1. The number of amides is 1. The lowest BCUT2D eigenvalue weighted by Crippen LogP contribution is -2.32. The third-order valence-corrected chi connectivity index (χ3v) is 4.11. The number of hydrogen-bond donors (Lipinski definition) is 1. The molecule has 5 nitrogen and oxygen atoms in total. The largest absolute Gasteiger partial charge is 0.299 e. The number of anilines is 1. The summed E-state index contributed by atoms with van der Waals surface area (Å²) in [6, 6.07) is 10.7. The zero-order valence-corrected chi connectivity index (χ0v) is 11.8. The van der Waals surface area contributed by atoms with Crippen molar-refractivity contribution >= 4 is 22.4 Å². The van der Waals surface area contributed by atoms with Gasteiger partial charge < -0.3 is 0 Å². The van der Waals surface area contributed by atoms with Gasteiger partial charge in [-0.1, -0.05) is 41.7 Å². The van der Waals surface area contributed by atoms with Crippen molar-refractivity contribution in [2.24, 2.45) is 0 Å². The van der Waals surface area contributed by atoms with Gasteiger partial charge in [-0.05, 0) is 24.9 Å². The molecule has 20 heavy (non-hydrogen) atoms. The molecule has 1 fully saturated rings. The van der Waals surface area contributed by atoms with Gasteiger partial charge in [-0.3, -0.25) is 15.0 Å². The lowest BCUT2D eigenvalue weighted by atomic mass is 10.0. The van der Waals surface area contributed by atoms with Crippen LogP contribution < -0.4 is 5.32 Å². The van der Waals surface area contributed by atoms with E-state index >= 15 is 0 Å². The Morgan fingerprint density at radius 2 is 2.25 bits per heavy atom. The molecule has 3 rings (SSSR count). The Bertz CT molecular complexity index is 558. The summed E-state index contributed by atoms with van der Waals surface area (Å²) < 4.78 is 0. The maximum absolute atomic E-state index is 12.0. The Morgan fingerprint density at radius 1 is 1.40 bits per heavy atom. The molecule has 1 saturated heterocycles. The molecule has 1 atom stereocenters. The summed E-state index contributed by atoms with van der Waals surface area (Å²) in [7, 11) is 0. The molecule has 1 N–H and O–H groups in total. The summed E-state index contributed by atoms with van der Waals surface area (Å²) in [5.74, 6) is -0.0235. The Labute approximate surface area is 121 Å². The van der Waals surface area contributed by atoms with E-state index in [1.165, 1.54) is 16.9 Å². The average molecular weight is 288 g/mol. The molecule has 1 aliphatic rings. The van der Waals surface area contributed by atoms with Crippen molar-refractivity contribution in [3.05, 3.63) is 41.4 Å². The molecule has 1 unspecified atom stereocenters. The van der Waals surface area contributed by atoms with Gasteiger partial charge >= 0.3 is 0 Å². The topological polar surface area (TPSA) is 58.1 Å². The van der Waals surface area contributed by atoms with E-state index in [0.29, 0.717) is 17.7 Å². The summed E-state index contributed by atoms with van der Waals surface area (Å²) in [5.41, 5.74) is 2.90. The van der Waals surface area contributed by atoms with Gasteiger partial charge in [-0.15, -0.1) is 10.2 Å². The molecule has 0 saturated carbocycles. The highest BCUT2D eigenvalue weighted by atomic mass is 32.1. The highest BCUT2D eigenvalue weighted by molar-refractivity contribution is 7.13. The van der Waals surface area contributed by atoms with Crippen molar-refractivity contribution in [2.75, 3.05) is 18.4 Å². The van der Waals surface area contributed by atoms with Crippen molar-refractivity contribution < 1.29 is 4.79 Å². The third-order valence-electron chi connectivity index (χ3n) is 3.50. The first-order chi connectivity index (χ1) is 9.83. The van der Waals surface area contributed by atoms with Crippen molar-refractivity contribution in [1.82, 2.24) is 15.1 Å². The normalized spacial score (nSPS) is 19.1. The second-order valence-electron chi connectivity index (χ2n) is 4.83. The van der Waals surface area contributed by atoms with Gasteiger partial charge in [-0.25, -0.2) is 0 Å². The van der Waals surface area contributed by atoms with Crippen LogP contribution in [0.3, 0.4) is 0 Å². The summed E-state index contributed by atoms with van der Waals surface area (Å²) in [4.78, 5) is 14.3. The zero-order valence-electron chi connectivity index (χ0n) is 11.0. The van der Waals surface area contributed by atoms with Crippen molar-refractivity contribution in [1.29, 1.82) is 0 Å². The van der Waals surface area contributed by atoms with Crippen molar-refractivity contribution in [3.63, 3.8) is 0 Å². The lowest BCUT2D eigenvalue weighted by Gasteiger charge is -2.23. The molecule has 2 aromatic rings. The molecule has 2 heterocycles. The summed E-state index contributed by atoms with van der Waals surface area (Å²) >= 11 is 1.33. The molecule has 104 valence electrons. The Hall–Kier alpha value is -1.79. The minimum atomic E-state index is -0.0235. The number of hydrogen-bond acceptors (Lipinski definition) is 5. The first-order valence-corrected chi connectivity index (χ1v) is 7.56. The van der Waals surface area contributed by atoms with Gasteiger partial charge in [0.25, 0.3) is 0 Å². The maximum atomic E-state index is 12.0. The highest BCUT2D eigenvalue weighted by Gasteiger charge is 2.27. The minimum absolute atomic E-state index is 0.0235. The zero-order chi connectivity index (χ0) is 13.8. The monoisotopic (exact) mass is 288 g/mol. The average Bonchev–Trinajstić information content (AvgIpc) is 3.11. The Balaban J connectivity index is 1.63. The summed E-state index contributed by atoms with van der Waals surface area (Å²) in [6.07, 6.45) is 2.24. The number of likely N-dealkylation sites (tertiary alicyclic amines) is 1. The van der Waals surface area contributed by atoms with E-state index in [0.717, 1.165) is 19.4 Å². The smallest absolute Gasteiger partial charge is 0.240 e. The lowest BCUT2D eigenvalue weighted by molar-refractivity contribution is -0.117. The van der Waals surface area contributed by atoms with Crippen molar-refractivity contribution in [2.45, 2.75) is 18.9 Å². The van der Waals surface area contributed by atoms with Crippen LogP contribution in [0.1, 0.15) is 24.4 Å². The van der Waals surface area contributed by atoms with Crippen LogP contribution in [-0.2, 0) is 4.79 Å². The van der Waals surface area contributed by atoms with E-state index in [-0.39, 0.29) is 5.91 Å². The first kappa shape index (κ1) is 13.2. The van der Waals surface area contributed by atoms with E-state index in [1.807, 2.05) is 18.2 Å². The van der Waals surface area contributed by atoms with Crippen molar-refractivity contribution in [3.8, 4) is 0 Å². The second-order valence-corrected chi connectivity index (χ2v) is 5.66. The number of nitrogens with one attached hydrogen (secondary N) is 1. The number of benzene rings is 1. The van der Waals surface area contributed by atoms with E-state index in [4.69, 9.17) is 0 Å². The third kappa shape index (κ3) is 3.02. The second kappa shape index (κ2) is 6.11. The van der Waals surface area contributed by atoms with Gasteiger partial charge in [0.15, 0.2) is 0 Å². The van der Waals surface area contributed by atoms with Crippen LogP contribution >= 0.6 is 11.3 Å². The van der Waals surface area contributed by atoms with E-state index < -0.39 is 0 Å². The molecular formula is C14H16N4OS. The van der Waals surface area contributed by atoms with Crippen LogP contribution in [0.4, 0.5) is 5.13 Å². The number of carbonyl (C=O) groups excluding carboxylic acids is 1. The van der Waals surface area contributed by atoms with Crippen LogP contribution in [0.2, 0.25) is 0 Å². The van der Waals surface area contributed by atoms with Gasteiger partial charge in [0, 0.05) is 6.04 Å². The van der Waals surface area contributed by atoms with E-state index in [1.54, 1.807) is 5.51 Å². The highest BCUT2D eigenvalue weighted by Crippen LogP contribution is 2.31. The number of nitrogens with zero attached hydrogens (tertiary/aromatic N) is 3. The summed E-state index contributed by atoms with van der Waals surface area (Å²) in [6.45, 7) is 1.36. The Kier molecular flexibility index (Phi) is 4.03. The predicted molar refractivity (Wildman–Crippen MR) is 78.5 cm³/mol. The Morgan fingerprint density at radius 3 is 3.00 bits per heavy atom. The first-order valence-electron chi connectivity index (χ1n) is 6.68. The molecule has 0 bridgehead atoms. The molecule has 6 heteroatoms. The molecule has 1 amide bonds. The minimum Gasteiger partial charge on any atom is -0.299 e. The van der Waals surface area contributed by atoms with Gasteiger partial charge in [0.05, 0.1) is 6.54 Å². The fourth-order valence-corrected chi connectivity index (χ4v) is 3.10. The van der Waals surface area contributed by atoms with Crippen LogP contribution in [0.25, 0.3) is 0 Å². The molecule has 0 radical (unpaired) electrons. The summed E-state index contributed by atoms with van der Waals surface area (Å²) in [5, 5.41) is 10.9. The fraction of sp³-hybridized carbons (Fsp3) is 0.357. The van der Waals surface area contributed by atoms with E-state index in [9.17, 15) is 4.79 Å². The van der Waals surface area contributed by atoms with Crippen LogP contribution in [0.15, 0.2) is 35.8 Å². The fourth-order valence-electron chi connectivity index (χ4n) is 2.64.